The molecule has 56 valence electrons. The second-order valence-electron chi connectivity index (χ2n) is 2.25. The Bertz CT molecular complexity index is 148. The van der Waals surface area contributed by atoms with E-state index >= 15 is 0 Å². The van der Waals surface area contributed by atoms with Crippen molar-refractivity contribution in [2.45, 2.75) is 18.1 Å². The van der Waals surface area contributed by atoms with Crippen molar-refractivity contribution < 1.29 is 9.90 Å². The topological polar surface area (TPSA) is 37.3 Å². The highest BCUT2D eigenvalue weighted by molar-refractivity contribution is 8.00. The van der Waals surface area contributed by atoms with E-state index in [1.165, 1.54) is 18.2 Å². The maximum absolute atomic E-state index is 10.1. The summed E-state index contributed by atoms with van der Waals surface area (Å²) in [7, 11) is 0. The van der Waals surface area contributed by atoms with E-state index in [1.54, 1.807) is 6.08 Å². The fraction of sp³-hybridized carbons (Fsp3) is 0.571. The maximum atomic E-state index is 10.1. The molecule has 1 aliphatic heterocycles. The Kier molecular flexibility index (Phi) is 2.81. The monoisotopic (exact) mass is 158 g/mol. The summed E-state index contributed by atoms with van der Waals surface area (Å²) >= 11 is 1.83. The molecule has 1 unspecified atom stereocenters. The van der Waals surface area contributed by atoms with E-state index in [0.29, 0.717) is 5.25 Å². The average Bonchev–Trinajstić information content (AvgIpc) is 2.34. The summed E-state index contributed by atoms with van der Waals surface area (Å²) in [6, 6.07) is 0. The molecule has 10 heavy (non-hydrogen) atoms. The normalized spacial score (nSPS) is 25.8. The largest absolute Gasteiger partial charge is 0.478 e. The Hall–Kier alpha value is -0.440. The molecule has 0 spiro atoms. The SMILES string of the molecule is O=C(O)/C=C/C1CCCS1. The van der Waals surface area contributed by atoms with Gasteiger partial charge in [-0.15, -0.1) is 0 Å². The molecule has 1 fully saturated rings. The summed E-state index contributed by atoms with van der Waals surface area (Å²) in [6.07, 6.45) is 5.37. The fourth-order valence-electron chi connectivity index (χ4n) is 0.944. The molecule has 0 aromatic carbocycles. The van der Waals surface area contributed by atoms with Gasteiger partial charge < -0.3 is 5.11 Å². The zero-order valence-electron chi connectivity index (χ0n) is 5.62. The first-order valence-corrected chi connectivity index (χ1v) is 4.36. The van der Waals surface area contributed by atoms with Gasteiger partial charge in [-0.25, -0.2) is 4.79 Å². The van der Waals surface area contributed by atoms with Gasteiger partial charge in [-0.1, -0.05) is 6.08 Å². The number of hydrogen-bond acceptors (Lipinski definition) is 2. The van der Waals surface area contributed by atoms with Crippen LogP contribution in [0.25, 0.3) is 0 Å². The van der Waals surface area contributed by atoms with Crippen molar-refractivity contribution in [3.8, 4) is 0 Å². The molecule has 1 saturated heterocycles. The second-order valence-corrected chi connectivity index (χ2v) is 3.60. The highest BCUT2D eigenvalue weighted by atomic mass is 32.2. The number of aliphatic carboxylic acids is 1. The van der Waals surface area contributed by atoms with Gasteiger partial charge in [-0.2, -0.15) is 11.8 Å². The predicted octanol–water partition coefficient (Wildman–Crippen LogP) is 1.52. The van der Waals surface area contributed by atoms with Gasteiger partial charge in [0.25, 0.3) is 0 Å². The van der Waals surface area contributed by atoms with E-state index in [1.807, 2.05) is 11.8 Å². The lowest BCUT2D eigenvalue weighted by atomic mass is 10.2. The molecular weight excluding hydrogens is 148 g/mol. The molecule has 1 rings (SSSR count). The Morgan fingerprint density at radius 2 is 2.50 bits per heavy atom. The molecule has 0 aromatic rings. The van der Waals surface area contributed by atoms with E-state index in [9.17, 15) is 4.79 Å². The van der Waals surface area contributed by atoms with Gasteiger partial charge in [0.1, 0.15) is 0 Å². The Morgan fingerprint density at radius 3 is 3.00 bits per heavy atom. The fourth-order valence-corrected chi connectivity index (χ4v) is 2.10. The lowest BCUT2D eigenvalue weighted by Crippen LogP contribution is -1.93. The van der Waals surface area contributed by atoms with Crippen LogP contribution in [0.2, 0.25) is 0 Å². The van der Waals surface area contributed by atoms with Crippen LogP contribution in [0.1, 0.15) is 12.8 Å². The van der Waals surface area contributed by atoms with Crippen LogP contribution in [0.3, 0.4) is 0 Å². The first-order chi connectivity index (χ1) is 4.79. The molecule has 2 nitrogen and oxygen atoms in total. The van der Waals surface area contributed by atoms with Gasteiger partial charge in [0.2, 0.25) is 0 Å². The molecule has 0 aromatic heterocycles. The zero-order chi connectivity index (χ0) is 7.40. The quantitative estimate of drug-likeness (QED) is 0.619. The summed E-state index contributed by atoms with van der Waals surface area (Å²) < 4.78 is 0. The van der Waals surface area contributed by atoms with Crippen LogP contribution in [0.5, 0.6) is 0 Å². The summed E-state index contributed by atoms with van der Waals surface area (Å²) in [4.78, 5) is 10.1. The first-order valence-electron chi connectivity index (χ1n) is 3.32. The number of carbonyl (C=O) groups is 1. The highest BCUT2D eigenvalue weighted by Gasteiger charge is 2.11. The van der Waals surface area contributed by atoms with Crippen LogP contribution in [0.4, 0.5) is 0 Å². The van der Waals surface area contributed by atoms with Crippen LogP contribution in [-0.4, -0.2) is 22.1 Å². The lowest BCUT2D eigenvalue weighted by Gasteiger charge is -1.96. The smallest absolute Gasteiger partial charge is 0.328 e. The van der Waals surface area contributed by atoms with E-state index in [-0.39, 0.29) is 0 Å². The van der Waals surface area contributed by atoms with Crippen molar-refractivity contribution in [3.63, 3.8) is 0 Å². The van der Waals surface area contributed by atoms with Gasteiger partial charge in [0.15, 0.2) is 0 Å². The molecule has 0 aliphatic carbocycles. The number of carboxylic acids is 1. The minimum atomic E-state index is -0.840. The Morgan fingerprint density at radius 1 is 1.70 bits per heavy atom. The molecule has 1 heterocycles. The van der Waals surface area contributed by atoms with Crippen LogP contribution < -0.4 is 0 Å². The molecule has 0 radical (unpaired) electrons. The summed E-state index contributed by atoms with van der Waals surface area (Å²) in [5, 5.41) is 8.73. The maximum Gasteiger partial charge on any atom is 0.328 e. The van der Waals surface area contributed by atoms with Crippen LogP contribution >= 0.6 is 11.8 Å². The average molecular weight is 158 g/mol. The first kappa shape index (κ1) is 7.66. The van der Waals surface area contributed by atoms with Crippen molar-refractivity contribution in [1.82, 2.24) is 0 Å². The molecule has 1 atom stereocenters. The lowest BCUT2D eigenvalue weighted by molar-refractivity contribution is -0.131. The number of thioether (sulfide) groups is 1. The van der Waals surface area contributed by atoms with Gasteiger partial charge in [0.05, 0.1) is 0 Å². The van der Waals surface area contributed by atoms with Crippen LogP contribution in [0, 0.1) is 0 Å². The Labute approximate surface area is 64.3 Å². The zero-order valence-corrected chi connectivity index (χ0v) is 6.43. The van der Waals surface area contributed by atoms with Crippen molar-refractivity contribution in [2.24, 2.45) is 0 Å². The third-order valence-corrected chi connectivity index (χ3v) is 2.76. The minimum Gasteiger partial charge on any atom is -0.478 e. The van der Waals surface area contributed by atoms with Crippen molar-refractivity contribution in [2.75, 3.05) is 5.75 Å². The van der Waals surface area contributed by atoms with Gasteiger partial charge in [-0.05, 0) is 18.6 Å². The highest BCUT2D eigenvalue weighted by Crippen LogP contribution is 2.26. The third kappa shape index (κ3) is 2.43. The molecule has 3 heteroatoms. The van der Waals surface area contributed by atoms with Crippen molar-refractivity contribution in [1.29, 1.82) is 0 Å². The summed E-state index contributed by atoms with van der Waals surface area (Å²) in [5.74, 6) is 0.335. The number of hydrogen-bond donors (Lipinski definition) is 1. The Balaban J connectivity index is 2.29. The minimum absolute atomic E-state index is 0.455. The standard InChI is InChI=1S/C7H10O2S/c8-7(9)4-3-6-2-1-5-10-6/h3-4,6H,1-2,5H2,(H,8,9)/b4-3+. The van der Waals surface area contributed by atoms with Crippen molar-refractivity contribution in [3.05, 3.63) is 12.2 Å². The van der Waals surface area contributed by atoms with Crippen molar-refractivity contribution >= 4 is 17.7 Å². The van der Waals surface area contributed by atoms with E-state index in [2.05, 4.69) is 0 Å². The molecule has 0 saturated carbocycles. The van der Waals surface area contributed by atoms with Crippen LogP contribution in [0.15, 0.2) is 12.2 Å². The summed E-state index contributed by atoms with van der Waals surface area (Å²) in [6.45, 7) is 0. The van der Waals surface area contributed by atoms with E-state index in [0.717, 1.165) is 6.42 Å². The number of carboxylic acid groups (broad SMARTS) is 1. The number of rotatable bonds is 2. The van der Waals surface area contributed by atoms with Gasteiger partial charge in [-0.3, -0.25) is 0 Å². The second kappa shape index (κ2) is 3.66. The van der Waals surface area contributed by atoms with Gasteiger partial charge >= 0.3 is 5.97 Å². The molecule has 0 amide bonds. The molecule has 1 N–H and O–H groups in total. The van der Waals surface area contributed by atoms with E-state index in [4.69, 9.17) is 5.11 Å². The van der Waals surface area contributed by atoms with E-state index < -0.39 is 5.97 Å². The van der Waals surface area contributed by atoms with Gasteiger partial charge in [0, 0.05) is 11.3 Å². The molecule has 1 aliphatic rings. The molecular formula is C7H10O2S. The molecule has 0 bridgehead atoms. The summed E-state index contributed by atoms with van der Waals surface area (Å²) in [5.41, 5.74) is 0. The third-order valence-electron chi connectivity index (χ3n) is 1.42. The predicted molar refractivity (Wildman–Crippen MR) is 42.3 cm³/mol. The van der Waals surface area contributed by atoms with Crippen LogP contribution in [-0.2, 0) is 4.79 Å².